The first-order chi connectivity index (χ1) is 15.3. The van der Waals surface area contributed by atoms with Gasteiger partial charge in [0.05, 0.1) is 9.79 Å². The Bertz CT molecular complexity index is 1640. The Morgan fingerprint density at radius 3 is 1.41 bits per heavy atom. The van der Waals surface area contributed by atoms with Crippen LogP contribution in [0.25, 0.3) is 0 Å². The lowest BCUT2D eigenvalue weighted by Gasteiger charge is -2.22. The zero-order chi connectivity index (χ0) is 25.9. The van der Waals surface area contributed by atoms with Gasteiger partial charge in [-0.25, -0.2) is 22.0 Å². The second-order valence-electron chi connectivity index (χ2n) is 7.00. The first-order valence-electron chi connectivity index (χ1n) is 8.62. The number of hydrogen-bond donors (Lipinski definition) is 3. The number of carbonyl (C=O) groups excluding carboxylic acids is 2. The van der Waals surface area contributed by atoms with E-state index in [1.807, 2.05) is 0 Å². The van der Waals surface area contributed by atoms with Crippen LogP contribution in [0.4, 0.5) is 0 Å². The maximum Gasteiger partial charge on any atom is 0.279 e. The number of carbonyl (C=O) groups is 2. The van der Waals surface area contributed by atoms with Crippen LogP contribution in [0.15, 0.2) is 46.2 Å². The minimum absolute atomic E-state index is 0.263. The van der Waals surface area contributed by atoms with Gasteiger partial charge in [0.2, 0.25) is 20.0 Å². The molecule has 2 aromatic carbocycles. The van der Waals surface area contributed by atoms with Gasteiger partial charge in [0.1, 0.15) is 11.8 Å². The summed E-state index contributed by atoms with van der Waals surface area (Å²) in [5.41, 5.74) is -1.36. The van der Waals surface area contributed by atoms with Crippen molar-refractivity contribution in [1.29, 1.82) is 0 Å². The van der Waals surface area contributed by atoms with E-state index in [-0.39, 0.29) is 21.0 Å². The fraction of sp³-hybridized carbons (Fsp3) is 0.125. The van der Waals surface area contributed by atoms with E-state index in [4.69, 9.17) is 14.2 Å². The number of sulfonamides is 2. The van der Waals surface area contributed by atoms with Crippen LogP contribution in [0, 0.1) is 0 Å². The molecule has 0 heterocycles. The number of hydrogen-bond acceptors (Lipinski definition) is 10. The molecule has 1 aliphatic rings. The van der Waals surface area contributed by atoms with Crippen LogP contribution in [0.3, 0.4) is 0 Å². The van der Waals surface area contributed by atoms with E-state index in [1.165, 1.54) is 0 Å². The second-order valence-corrected chi connectivity index (χ2v) is 13.3. The molecule has 4 N–H and O–H groups in total. The van der Waals surface area contributed by atoms with Crippen molar-refractivity contribution in [2.45, 2.75) is 9.79 Å². The molecule has 34 heavy (non-hydrogen) atoms. The molecule has 184 valence electrons. The summed E-state index contributed by atoms with van der Waals surface area (Å²) in [6, 6.07) is 5.18. The number of ketones is 2. The van der Waals surface area contributed by atoms with Gasteiger partial charge < -0.3 is 0 Å². The van der Waals surface area contributed by atoms with Crippen molar-refractivity contribution < 1.29 is 52.4 Å². The van der Waals surface area contributed by atoms with Crippen LogP contribution in [0.5, 0.6) is 0 Å². The molecule has 0 fully saturated rings. The molecule has 0 spiro atoms. The third-order valence-corrected chi connectivity index (χ3v) is 8.84. The number of rotatable bonds is 7. The summed E-state index contributed by atoms with van der Waals surface area (Å²) in [6.45, 7) is 0. The lowest BCUT2D eigenvalue weighted by Crippen LogP contribution is -2.39. The van der Waals surface area contributed by atoms with Crippen LogP contribution >= 0.6 is 0 Å². The SMILES string of the molecule is NS(=O)(=O)c1ccc2c(c1)C(=O)c1ccc(S(=O)(=O)N(CS(=O)(=O)O)CS(=O)(=O)O)cc1C2=O. The van der Waals surface area contributed by atoms with Gasteiger partial charge in [-0.2, -0.15) is 21.1 Å². The monoisotopic (exact) mass is 554 g/mol. The van der Waals surface area contributed by atoms with Gasteiger partial charge in [0.15, 0.2) is 11.6 Å². The smallest absolute Gasteiger partial charge is 0.279 e. The Morgan fingerprint density at radius 2 is 1.03 bits per heavy atom. The van der Waals surface area contributed by atoms with E-state index >= 15 is 0 Å². The second kappa shape index (κ2) is 8.27. The normalized spacial score (nSPS) is 14.7. The summed E-state index contributed by atoms with van der Waals surface area (Å²) in [4.78, 5) is 24.5. The molecule has 0 aliphatic heterocycles. The fourth-order valence-electron chi connectivity index (χ4n) is 3.14. The Kier molecular flexibility index (Phi) is 6.33. The highest BCUT2D eigenvalue weighted by atomic mass is 32.2. The molecular weight excluding hydrogens is 540 g/mol. The van der Waals surface area contributed by atoms with Crippen LogP contribution in [0.1, 0.15) is 31.8 Å². The molecule has 1 aliphatic carbocycles. The third kappa shape index (κ3) is 5.23. The summed E-state index contributed by atoms with van der Waals surface area (Å²) >= 11 is 0. The van der Waals surface area contributed by atoms with Gasteiger partial charge in [0.25, 0.3) is 20.2 Å². The summed E-state index contributed by atoms with van der Waals surface area (Å²) in [6.07, 6.45) is 0. The third-order valence-electron chi connectivity index (χ3n) is 4.54. The first kappa shape index (κ1) is 26.0. The molecule has 0 bridgehead atoms. The van der Waals surface area contributed by atoms with Gasteiger partial charge in [-0.15, -0.1) is 0 Å². The predicted molar refractivity (Wildman–Crippen MR) is 113 cm³/mol. The average molecular weight is 555 g/mol. The minimum Gasteiger partial charge on any atom is -0.289 e. The van der Waals surface area contributed by atoms with E-state index < -0.39 is 79.0 Å². The van der Waals surface area contributed by atoms with Crippen molar-refractivity contribution in [2.24, 2.45) is 5.14 Å². The van der Waals surface area contributed by atoms with Crippen molar-refractivity contribution in [1.82, 2.24) is 4.31 Å². The van der Waals surface area contributed by atoms with E-state index in [9.17, 15) is 43.3 Å². The lowest BCUT2D eigenvalue weighted by atomic mass is 9.84. The molecule has 14 nitrogen and oxygen atoms in total. The van der Waals surface area contributed by atoms with Gasteiger partial charge >= 0.3 is 0 Å². The van der Waals surface area contributed by atoms with Crippen LogP contribution in [-0.2, 0) is 40.3 Å². The van der Waals surface area contributed by atoms with Crippen molar-refractivity contribution >= 4 is 51.8 Å². The highest BCUT2D eigenvalue weighted by molar-refractivity contribution is 7.92. The number of benzene rings is 2. The molecule has 0 unspecified atom stereocenters. The Morgan fingerprint density at radius 1 is 0.647 bits per heavy atom. The fourth-order valence-corrected chi connectivity index (χ4v) is 7.42. The Balaban J connectivity index is 2.15. The van der Waals surface area contributed by atoms with Gasteiger partial charge in [-0.05, 0) is 36.4 Å². The van der Waals surface area contributed by atoms with Crippen molar-refractivity contribution in [3.05, 3.63) is 58.7 Å². The van der Waals surface area contributed by atoms with Crippen molar-refractivity contribution in [3.63, 3.8) is 0 Å². The maximum absolute atomic E-state index is 12.9. The maximum atomic E-state index is 12.9. The minimum atomic E-state index is -5.09. The van der Waals surface area contributed by atoms with Gasteiger partial charge in [-0.1, -0.05) is 0 Å². The van der Waals surface area contributed by atoms with Crippen molar-refractivity contribution in [3.8, 4) is 0 Å². The number of fused-ring (bicyclic) bond motifs is 2. The number of nitrogens with two attached hydrogens (primary N) is 1. The van der Waals surface area contributed by atoms with Crippen molar-refractivity contribution in [2.75, 3.05) is 11.8 Å². The Labute approximate surface area is 193 Å². The molecule has 3 rings (SSSR count). The predicted octanol–water partition coefficient (Wildman–Crippen LogP) is -1.21. The highest BCUT2D eigenvalue weighted by Crippen LogP contribution is 2.31. The quantitative estimate of drug-likeness (QED) is 0.291. The zero-order valence-electron chi connectivity index (χ0n) is 16.5. The molecule has 2 aromatic rings. The number of primary sulfonamides is 1. The summed E-state index contributed by atoms with van der Waals surface area (Å²) in [7, 11) is -19.4. The van der Waals surface area contributed by atoms with Crippen LogP contribution in [0.2, 0.25) is 0 Å². The molecule has 0 atom stereocenters. The first-order valence-corrected chi connectivity index (χ1v) is 14.8. The molecule has 0 radical (unpaired) electrons. The lowest BCUT2D eigenvalue weighted by molar-refractivity contribution is 0.0978. The molecule has 0 aromatic heterocycles. The standard InChI is InChI=1S/C16H14N2O12S4/c17-33(27,28)9-1-3-11-13(5-9)15(19)12-4-2-10(6-14(12)16(11)20)34(29,30)18(7-31(21,22)23)8-32(24,25)26/h1-6H,7-8H2,(H2,17,27,28)(H,21,22,23)(H,24,25,26). The molecule has 0 saturated carbocycles. The molecule has 0 saturated heterocycles. The average Bonchev–Trinajstić information content (AvgIpc) is 2.68. The summed E-state index contributed by atoms with van der Waals surface area (Å²) in [5.74, 6) is -5.21. The largest absolute Gasteiger partial charge is 0.289 e. The van der Waals surface area contributed by atoms with E-state index in [0.717, 1.165) is 30.3 Å². The van der Waals surface area contributed by atoms with Gasteiger partial charge in [0, 0.05) is 22.3 Å². The molecule has 0 amide bonds. The topological polar surface area (TPSA) is 240 Å². The van der Waals surface area contributed by atoms with E-state index in [1.54, 1.807) is 0 Å². The highest BCUT2D eigenvalue weighted by Gasteiger charge is 2.35. The zero-order valence-corrected chi connectivity index (χ0v) is 19.8. The summed E-state index contributed by atoms with van der Waals surface area (Å²) < 4.78 is 111. The molecule has 18 heteroatoms. The number of nitrogens with zero attached hydrogens (tertiary/aromatic N) is 1. The van der Waals surface area contributed by atoms with Gasteiger partial charge in [-0.3, -0.25) is 18.7 Å². The van der Waals surface area contributed by atoms with E-state index in [2.05, 4.69) is 0 Å². The van der Waals surface area contributed by atoms with E-state index in [0.29, 0.717) is 6.07 Å². The summed E-state index contributed by atoms with van der Waals surface area (Å²) in [5, 5.41) is 5.03. The molecular formula is C16H14N2O12S4. The Hall–Kier alpha value is -2.58. The van der Waals surface area contributed by atoms with Crippen LogP contribution < -0.4 is 5.14 Å². The van der Waals surface area contributed by atoms with Crippen LogP contribution in [-0.4, -0.2) is 70.4 Å².